The minimum atomic E-state index is -3.48. The third kappa shape index (κ3) is 4.00. The van der Waals surface area contributed by atoms with E-state index in [9.17, 15) is 13.2 Å². The lowest BCUT2D eigenvalue weighted by atomic mass is 10.1. The molecule has 0 N–H and O–H groups in total. The lowest BCUT2D eigenvalue weighted by Gasteiger charge is -2.35. The predicted molar refractivity (Wildman–Crippen MR) is 109 cm³/mol. The van der Waals surface area contributed by atoms with Crippen LogP contribution in [0.3, 0.4) is 0 Å². The second-order valence-electron chi connectivity index (χ2n) is 6.87. The Balaban J connectivity index is 1.51. The topological polar surface area (TPSA) is 88.4 Å². The summed E-state index contributed by atoms with van der Waals surface area (Å²) >= 11 is 0. The standard InChI is InChI=1S/C20H21N5O3S/c1-29(27,28)20-22-9-10-25(20)17-6-4-5-16(15-17)19(26)24-13-11-23(12-14-24)18-7-2-3-8-21-18/h2-10,15H,11-14H2,1H3. The summed E-state index contributed by atoms with van der Waals surface area (Å²) in [7, 11) is -3.48. The van der Waals surface area contributed by atoms with Crippen LogP contribution in [0.4, 0.5) is 5.82 Å². The first-order chi connectivity index (χ1) is 13.9. The molecule has 3 heterocycles. The first-order valence-corrected chi connectivity index (χ1v) is 11.1. The van der Waals surface area contributed by atoms with Crippen LogP contribution in [0.25, 0.3) is 5.69 Å². The summed E-state index contributed by atoms with van der Waals surface area (Å²) in [5.41, 5.74) is 1.10. The molecule has 1 aliphatic heterocycles. The summed E-state index contributed by atoms with van der Waals surface area (Å²) < 4.78 is 25.3. The van der Waals surface area contributed by atoms with Crippen molar-refractivity contribution in [2.75, 3.05) is 37.3 Å². The fourth-order valence-corrected chi connectivity index (χ4v) is 4.19. The molecule has 1 amide bonds. The Bertz CT molecular complexity index is 1120. The highest BCUT2D eigenvalue weighted by Crippen LogP contribution is 2.19. The van der Waals surface area contributed by atoms with Crippen LogP contribution in [-0.2, 0) is 9.84 Å². The van der Waals surface area contributed by atoms with Crippen LogP contribution >= 0.6 is 0 Å². The zero-order chi connectivity index (χ0) is 20.4. The minimum Gasteiger partial charge on any atom is -0.353 e. The normalized spacial score (nSPS) is 14.8. The Morgan fingerprint density at radius 3 is 2.45 bits per heavy atom. The van der Waals surface area contributed by atoms with E-state index in [0.717, 1.165) is 12.1 Å². The van der Waals surface area contributed by atoms with Gasteiger partial charge in [-0.05, 0) is 30.3 Å². The zero-order valence-electron chi connectivity index (χ0n) is 16.0. The molecule has 0 unspecified atom stereocenters. The van der Waals surface area contributed by atoms with Gasteiger partial charge in [-0.2, -0.15) is 0 Å². The number of pyridine rings is 1. The summed E-state index contributed by atoms with van der Waals surface area (Å²) in [4.78, 5) is 25.3. The second-order valence-corrected chi connectivity index (χ2v) is 8.78. The number of amides is 1. The molecule has 150 valence electrons. The molecule has 2 aromatic heterocycles. The third-order valence-corrected chi connectivity index (χ3v) is 5.82. The molecule has 0 bridgehead atoms. The van der Waals surface area contributed by atoms with Crippen LogP contribution < -0.4 is 4.90 Å². The van der Waals surface area contributed by atoms with E-state index in [1.807, 2.05) is 23.1 Å². The quantitative estimate of drug-likeness (QED) is 0.648. The van der Waals surface area contributed by atoms with Crippen molar-refractivity contribution in [3.05, 3.63) is 66.6 Å². The van der Waals surface area contributed by atoms with Gasteiger partial charge in [0, 0.05) is 62.3 Å². The van der Waals surface area contributed by atoms with Gasteiger partial charge >= 0.3 is 0 Å². The van der Waals surface area contributed by atoms with Gasteiger partial charge in [-0.25, -0.2) is 18.4 Å². The van der Waals surface area contributed by atoms with Gasteiger partial charge in [-0.15, -0.1) is 0 Å². The number of rotatable bonds is 4. The zero-order valence-corrected chi connectivity index (χ0v) is 16.8. The summed E-state index contributed by atoms with van der Waals surface area (Å²) in [5.74, 6) is 0.837. The Kier molecular flexibility index (Phi) is 5.06. The van der Waals surface area contributed by atoms with Gasteiger partial charge in [0.2, 0.25) is 15.0 Å². The highest BCUT2D eigenvalue weighted by atomic mass is 32.2. The average molecular weight is 411 g/mol. The minimum absolute atomic E-state index is 0.0499. The molecule has 0 atom stereocenters. The third-order valence-electron chi connectivity index (χ3n) is 4.85. The van der Waals surface area contributed by atoms with Gasteiger partial charge in [0.05, 0.1) is 0 Å². The number of hydrogen-bond donors (Lipinski definition) is 0. The van der Waals surface area contributed by atoms with E-state index in [2.05, 4.69) is 14.9 Å². The summed E-state index contributed by atoms with van der Waals surface area (Å²) in [6.07, 6.45) is 5.88. The molecule has 0 spiro atoms. The molecule has 0 aliphatic carbocycles. The van der Waals surface area contributed by atoms with E-state index in [1.165, 1.54) is 10.8 Å². The van der Waals surface area contributed by atoms with Gasteiger partial charge in [0.25, 0.3) is 5.91 Å². The fourth-order valence-electron chi connectivity index (χ4n) is 3.41. The largest absolute Gasteiger partial charge is 0.353 e. The van der Waals surface area contributed by atoms with Crippen molar-refractivity contribution in [3.8, 4) is 5.69 Å². The smallest absolute Gasteiger partial charge is 0.254 e. The Labute approximate surface area is 169 Å². The number of imidazole rings is 1. The number of anilines is 1. The molecule has 3 aromatic rings. The summed E-state index contributed by atoms with van der Waals surface area (Å²) in [6, 6.07) is 12.7. The highest BCUT2D eigenvalue weighted by molar-refractivity contribution is 7.90. The number of hydrogen-bond acceptors (Lipinski definition) is 6. The van der Waals surface area contributed by atoms with Crippen molar-refractivity contribution in [2.45, 2.75) is 5.16 Å². The molecule has 1 aliphatic rings. The fraction of sp³-hybridized carbons (Fsp3) is 0.250. The molecule has 8 nitrogen and oxygen atoms in total. The first kappa shape index (κ1) is 19.1. The maximum absolute atomic E-state index is 13.0. The van der Waals surface area contributed by atoms with E-state index in [0.29, 0.717) is 37.4 Å². The Morgan fingerprint density at radius 2 is 1.76 bits per heavy atom. The maximum Gasteiger partial charge on any atom is 0.254 e. The van der Waals surface area contributed by atoms with Crippen LogP contribution in [-0.4, -0.2) is 66.2 Å². The highest BCUT2D eigenvalue weighted by Gasteiger charge is 2.23. The number of carbonyl (C=O) groups excluding carboxylic acids is 1. The van der Waals surface area contributed by atoms with Gasteiger partial charge in [0.15, 0.2) is 0 Å². The SMILES string of the molecule is CS(=O)(=O)c1nccn1-c1cccc(C(=O)N2CCN(c3ccccn3)CC2)c1. The molecular formula is C20H21N5O3S. The molecule has 1 aromatic carbocycles. The van der Waals surface area contributed by atoms with Crippen LogP contribution in [0.15, 0.2) is 66.2 Å². The number of carbonyl (C=O) groups is 1. The van der Waals surface area contributed by atoms with Gasteiger partial charge in [0.1, 0.15) is 5.82 Å². The molecule has 1 saturated heterocycles. The molecular weight excluding hydrogens is 390 g/mol. The molecule has 0 radical (unpaired) electrons. The molecule has 29 heavy (non-hydrogen) atoms. The molecule has 4 rings (SSSR count). The van der Waals surface area contributed by atoms with Crippen LogP contribution in [0.2, 0.25) is 0 Å². The van der Waals surface area contributed by atoms with Crippen LogP contribution in [0.1, 0.15) is 10.4 Å². The average Bonchev–Trinajstić information content (AvgIpc) is 3.25. The summed E-state index contributed by atoms with van der Waals surface area (Å²) in [6.45, 7) is 2.61. The van der Waals surface area contributed by atoms with Gasteiger partial charge < -0.3 is 9.80 Å². The predicted octanol–water partition coefficient (Wildman–Crippen LogP) is 1.63. The summed E-state index contributed by atoms with van der Waals surface area (Å²) in [5, 5.41) is -0.0499. The van der Waals surface area contributed by atoms with Crippen molar-refractivity contribution in [3.63, 3.8) is 0 Å². The van der Waals surface area contributed by atoms with Crippen molar-refractivity contribution < 1.29 is 13.2 Å². The van der Waals surface area contributed by atoms with E-state index < -0.39 is 9.84 Å². The molecule has 1 fully saturated rings. The Morgan fingerprint density at radius 1 is 0.966 bits per heavy atom. The van der Waals surface area contributed by atoms with Crippen LogP contribution in [0.5, 0.6) is 0 Å². The lowest BCUT2D eigenvalue weighted by molar-refractivity contribution is 0.0746. The van der Waals surface area contributed by atoms with Gasteiger partial charge in [-0.1, -0.05) is 12.1 Å². The van der Waals surface area contributed by atoms with Gasteiger partial charge in [-0.3, -0.25) is 9.36 Å². The number of aromatic nitrogens is 3. The van der Waals surface area contributed by atoms with Crippen molar-refractivity contribution in [1.82, 2.24) is 19.4 Å². The van der Waals surface area contributed by atoms with E-state index in [4.69, 9.17) is 0 Å². The number of nitrogens with zero attached hydrogens (tertiary/aromatic N) is 5. The van der Waals surface area contributed by atoms with E-state index in [-0.39, 0.29) is 11.1 Å². The van der Waals surface area contributed by atoms with Crippen molar-refractivity contribution in [1.29, 1.82) is 0 Å². The maximum atomic E-state index is 13.0. The second kappa shape index (κ2) is 7.67. The lowest BCUT2D eigenvalue weighted by Crippen LogP contribution is -2.49. The van der Waals surface area contributed by atoms with Crippen molar-refractivity contribution >= 4 is 21.6 Å². The first-order valence-electron chi connectivity index (χ1n) is 9.22. The van der Waals surface area contributed by atoms with Crippen LogP contribution in [0, 0.1) is 0 Å². The monoisotopic (exact) mass is 411 g/mol. The van der Waals surface area contributed by atoms with Crippen molar-refractivity contribution in [2.24, 2.45) is 0 Å². The Hall–Kier alpha value is -3.20. The number of sulfone groups is 1. The molecule has 0 saturated carbocycles. The van der Waals surface area contributed by atoms with E-state index in [1.54, 1.807) is 36.7 Å². The number of piperazine rings is 1. The van der Waals surface area contributed by atoms with E-state index >= 15 is 0 Å². The molecule has 9 heteroatoms. The number of benzene rings is 1.